The van der Waals surface area contributed by atoms with E-state index in [4.69, 9.17) is 9.29 Å². The van der Waals surface area contributed by atoms with Crippen molar-refractivity contribution in [3.05, 3.63) is 23.8 Å². The van der Waals surface area contributed by atoms with Gasteiger partial charge in [0, 0.05) is 0 Å². The van der Waals surface area contributed by atoms with Gasteiger partial charge in [-0.05, 0) is 26.2 Å². The van der Waals surface area contributed by atoms with Crippen molar-refractivity contribution in [1.82, 2.24) is 5.32 Å². The molecular weight excluding hydrogens is 274 g/mol. The van der Waals surface area contributed by atoms with Crippen LogP contribution in [0.5, 0.6) is 5.75 Å². The standard InChI is InChI=1S/C9H10O6S.C2H7N/c1-14-7-5-3-4-6(9(10)15-2)8(7)16(11,12)13;1-3-2/h3-5H,1-2H3,(H,11,12,13);3H,1-2H3. The molecule has 0 saturated heterocycles. The molecule has 0 aliphatic heterocycles. The van der Waals surface area contributed by atoms with Gasteiger partial charge in [0.05, 0.1) is 19.8 Å². The minimum absolute atomic E-state index is 0.120. The van der Waals surface area contributed by atoms with Gasteiger partial charge in [-0.2, -0.15) is 8.42 Å². The molecule has 8 heteroatoms. The van der Waals surface area contributed by atoms with Crippen molar-refractivity contribution in [2.24, 2.45) is 0 Å². The second-order valence-electron chi connectivity index (χ2n) is 3.30. The smallest absolute Gasteiger partial charge is 0.339 e. The first-order chi connectivity index (χ1) is 8.83. The lowest BCUT2D eigenvalue weighted by atomic mass is 10.2. The third-order valence-corrected chi connectivity index (χ3v) is 2.80. The molecule has 0 bridgehead atoms. The molecule has 1 rings (SSSR count). The van der Waals surface area contributed by atoms with Gasteiger partial charge in [0.1, 0.15) is 5.75 Å². The van der Waals surface area contributed by atoms with E-state index in [2.05, 4.69) is 10.1 Å². The number of hydrogen-bond donors (Lipinski definition) is 2. The number of nitrogens with one attached hydrogen (secondary N) is 1. The van der Waals surface area contributed by atoms with E-state index < -0.39 is 21.0 Å². The van der Waals surface area contributed by atoms with Gasteiger partial charge in [-0.15, -0.1) is 0 Å². The maximum absolute atomic E-state index is 11.3. The molecule has 1 aromatic rings. The molecule has 0 aromatic heterocycles. The predicted octanol–water partition coefficient (Wildman–Crippen LogP) is 0.564. The normalized spacial score (nSPS) is 10.2. The number of hydrogen-bond acceptors (Lipinski definition) is 6. The van der Waals surface area contributed by atoms with Crippen LogP contribution in [0.2, 0.25) is 0 Å². The molecule has 0 fully saturated rings. The minimum Gasteiger partial charge on any atom is -0.495 e. The number of esters is 1. The zero-order valence-electron chi connectivity index (χ0n) is 11.1. The van der Waals surface area contributed by atoms with Crippen LogP contribution in [-0.2, 0) is 14.9 Å². The van der Waals surface area contributed by atoms with Crippen LogP contribution in [0.4, 0.5) is 0 Å². The Morgan fingerprint density at radius 2 is 1.79 bits per heavy atom. The fourth-order valence-corrected chi connectivity index (χ4v) is 2.05. The van der Waals surface area contributed by atoms with Crippen molar-refractivity contribution in [1.29, 1.82) is 0 Å². The highest BCUT2D eigenvalue weighted by atomic mass is 32.2. The van der Waals surface area contributed by atoms with E-state index in [9.17, 15) is 13.2 Å². The third-order valence-electron chi connectivity index (χ3n) is 1.86. The summed E-state index contributed by atoms with van der Waals surface area (Å²) >= 11 is 0. The monoisotopic (exact) mass is 291 g/mol. The van der Waals surface area contributed by atoms with Crippen LogP contribution in [0.1, 0.15) is 10.4 Å². The highest BCUT2D eigenvalue weighted by molar-refractivity contribution is 7.86. The van der Waals surface area contributed by atoms with E-state index in [1.54, 1.807) is 0 Å². The Morgan fingerprint density at radius 3 is 2.16 bits per heavy atom. The SMILES string of the molecule is CNC.COC(=O)c1cccc(OC)c1S(=O)(=O)O. The summed E-state index contributed by atoms with van der Waals surface area (Å²) in [5.41, 5.74) is -0.274. The molecule has 0 unspecified atom stereocenters. The van der Waals surface area contributed by atoms with E-state index in [1.165, 1.54) is 25.3 Å². The number of rotatable bonds is 3. The average Bonchev–Trinajstić information content (AvgIpc) is 2.36. The second-order valence-corrected chi connectivity index (χ2v) is 4.66. The number of benzene rings is 1. The van der Waals surface area contributed by atoms with E-state index in [0.29, 0.717) is 0 Å². The van der Waals surface area contributed by atoms with E-state index >= 15 is 0 Å². The summed E-state index contributed by atoms with van der Waals surface area (Å²) in [7, 11) is 1.53. The Hall–Kier alpha value is -1.64. The van der Waals surface area contributed by atoms with Crippen LogP contribution in [0, 0.1) is 0 Å². The summed E-state index contributed by atoms with van der Waals surface area (Å²) in [4.78, 5) is 10.7. The van der Waals surface area contributed by atoms with Crippen molar-refractivity contribution in [2.75, 3.05) is 28.3 Å². The molecule has 0 heterocycles. The fraction of sp³-hybridized carbons (Fsp3) is 0.364. The summed E-state index contributed by atoms with van der Waals surface area (Å²) in [6, 6.07) is 3.95. The summed E-state index contributed by atoms with van der Waals surface area (Å²) in [6.07, 6.45) is 0. The Balaban J connectivity index is 0.000000982. The van der Waals surface area contributed by atoms with E-state index in [-0.39, 0.29) is 11.3 Å². The Morgan fingerprint density at radius 1 is 1.26 bits per heavy atom. The van der Waals surface area contributed by atoms with Gasteiger partial charge in [-0.25, -0.2) is 4.79 Å². The summed E-state index contributed by atoms with van der Waals surface area (Å²) < 4.78 is 40.4. The zero-order chi connectivity index (χ0) is 15.1. The van der Waals surface area contributed by atoms with Gasteiger partial charge in [-0.1, -0.05) is 6.07 Å². The molecular formula is C11H17NO6S. The maximum Gasteiger partial charge on any atom is 0.339 e. The second kappa shape index (κ2) is 7.72. The largest absolute Gasteiger partial charge is 0.495 e. The van der Waals surface area contributed by atoms with E-state index in [0.717, 1.165) is 7.11 Å². The van der Waals surface area contributed by atoms with E-state index in [1.807, 2.05) is 14.1 Å². The molecule has 0 atom stereocenters. The quantitative estimate of drug-likeness (QED) is 0.619. The summed E-state index contributed by atoms with van der Waals surface area (Å²) in [5, 5.41) is 2.75. The lowest BCUT2D eigenvalue weighted by Crippen LogP contribution is -2.11. The topological polar surface area (TPSA) is 102 Å². The van der Waals surface area contributed by atoms with Gasteiger partial charge < -0.3 is 14.8 Å². The molecule has 0 aliphatic carbocycles. The highest BCUT2D eigenvalue weighted by Gasteiger charge is 2.25. The zero-order valence-corrected chi connectivity index (χ0v) is 11.9. The first kappa shape index (κ1) is 17.4. The molecule has 0 amide bonds. The van der Waals surface area contributed by atoms with Crippen molar-refractivity contribution in [2.45, 2.75) is 4.90 Å². The van der Waals surface area contributed by atoms with Crippen molar-refractivity contribution in [3.8, 4) is 5.75 Å². The van der Waals surface area contributed by atoms with Crippen molar-refractivity contribution in [3.63, 3.8) is 0 Å². The molecule has 0 saturated carbocycles. The molecule has 0 radical (unpaired) electrons. The lowest BCUT2D eigenvalue weighted by Gasteiger charge is -2.09. The molecule has 0 spiro atoms. The Kier molecular flexibility index (Phi) is 7.05. The van der Waals surface area contributed by atoms with Gasteiger partial charge in [-0.3, -0.25) is 4.55 Å². The van der Waals surface area contributed by atoms with Gasteiger partial charge in [0.15, 0.2) is 4.90 Å². The first-order valence-corrected chi connectivity index (χ1v) is 6.58. The number of methoxy groups -OCH3 is 2. The summed E-state index contributed by atoms with van der Waals surface area (Å²) in [5.74, 6) is -0.989. The van der Waals surface area contributed by atoms with Crippen molar-refractivity contribution < 1.29 is 27.2 Å². The fourth-order valence-electron chi connectivity index (χ4n) is 1.21. The van der Waals surface area contributed by atoms with Crippen LogP contribution in [0.25, 0.3) is 0 Å². The third kappa shape index (κ3) is 4.86. The number of ether oxygens (including phenoxy) is 2. The Labute approximate surface area is 112 Å². The highest BCUT2D eigenvalue weighted by Crippen LogP contribution is 2.27. The minimum atomic E-state index is -4.56. The van der Waals surface area contributed by atoms with Crippen LogP contribution in [-0.4, -0.2) is 47.3 Å². The lowest BCUT2D eigenvalue weighted by molar-refractivity contribution is 0.0595. The predicted molar refractivity (Wildman–Crippen MR) is 69.1 cm³/mol. The molecule has 0 aliphatic rings. The van der Waals surface area contributed by atoms with Crippen LogP contribution in [0.3, 0.4) is 0 Å². The number of carbonyl (C=O) groups excluding carboxylic acids is 1. The molecule has 2 N–H and O–H groups in total. The van der Waals surface area contributed by atoms with Gasteiger partial charge >= 0.3 is 5.97 Å². The Bertz CT molecular complexity index is 526. The average molecular weight is 291 g/mol. The first-order valence-electron chi connectivity index (χ1n) is 5.14. The van der Waals surface area contributed by atoms with Crippen LogP contribution in [0.15, 0.2) is 23.1 Å². The van der Waals surface area contributed by atoms with Crippen molar-refractivity contribution >= 4 is 16.1 Å². The molecule has 19 heavy (non-hydrogen) atoms. The molecule has 1 aromatic carbocycles. The number of carbonyl (C=O) groups is 1. The van der Waals surface area contributed by atoms with Crippen LogP contribution >= 0.6 is 0 Å². The molecule has 7 nitrogen and oxygen atoms in total. The van der Waals surface area contributed by atoms with Crippen LogP contribution < -0.4 is 10.1 Å². The molecule has 108 valence electrons. The summed E-state index contributed by atoms with van der Waals surface area (Å²) in [6.45, 7) is 0. The van der Waals surface area contributed by atoms with Gasteiger partial charge in [0.2, 0.25) is 0 Å². The maximum atomic E-state index is 11.3. The van der Waals surface area contributed by atoms with Gasteiger partial charge in [0.25, 0.3) is 10.1 Å².